The number of anilines is 1. The van der Waals surface area contributed by atoms with Crippen LogP contribution >= 0.6 is 0 Å². The third kappa shape index (κ3) is 4.65. The van der Waals surface area contributed by atoms with Crippen LogP contribution in [0.5, 0.6) is 0 Å². The van der Waals surface area contributed by atoms with Crippen molar-refractivity contribution in [3.8, 4) is 0 Å². The zero-order valence-corrected chi connectivity index (χ0v) is 9.77. The van der Waals surface area contributed by atoms with Crippen LogP contribution in [-0.4, -0.2) is 29.7 Å². The number of amides is 1. The van der Waals surface area contributed by atoms with Gasteiger partial charge in [-0.2, -0.15) is 0 Å². The van der Waals surface area contributed by atoms with Crippen LogP contribution in [0.3, 0.4) is 0 Å². The van der Waals surface area contributed by atoms with Crippen LogP contribution in [0.4, 0.5) is 5.69 Å². The van der Waals surface area contributed by atoms with Crippen molar-refractivity contribution in [2.75, 3.05) is 11.9 Å². The van der Waals surface area contributed by atoms with Gasteiger partial charge in [-0.1, -0.05) is 17.7 Å². The van der Waals surface area contributed by atoms with E-state index in [0.29, 0.717) is 5.69 Å². The molecule has 0 fully saturated rings. The van der Waals surface area contributed by atoms with Gasteiger partial charge in [0, 0.05) is 5.69 Å². The summed E-state index contributed by atoms with van der Waals surface area (Å²) >= 11 is 0. The van der Waals surface area contributed by atoms with Gasteiger partial charge in [0.1, 0.15) is 6.61 Å². The molecule has 0 saturated carbocycles. The largest absolute Gasteiger partial charge is 0.479 e. The van der Waals surface area contributed by atoms with Gasteiger partial charge in [-0.15, -0.1) is 0 Å². The van der Waals surface area contributed by atoms with Gasteiger partial charge in [-0.05, 0) is 26.0 Å². The molecular formula is C12H15NO4. The van der Waals surface area contributed by atoms with E-state index in [1.54, 1.807) is 12.1 Å². The topological polar surface area (TPSA) is 75.6 Å². The summed E-state index contributed by atoms with van der Waals surface area (Å²) in [4.78, 5) is 21.8. The van der Waals surface area contributed by atoms with E-state index in [4.69, 9.17) is 9.84 Å². The van der Waals surface area contributed by atoms with Crippen LogP contribution in [0, 0.1) is 6.92 Å². The molecule has 1 aromatic carbocycles. The summed E-state index contributed by atoms with van der Waals surface area (Å²) in [5.41, 5.74) is 1.76. The van der Waals surface area contributed by atoms with Crippen LogP contribution in [0.25, 0.3) is 0 Å². The molecule has 5 heteroatoms. The minimum Gasteiger partial charge on any atom is -0.479 e. The third-order valence-corrected chi connectivity index (χ3v) is 2.15. The van der Waals surface area contributed by atoms with E-state index in [1.807, 2.05) is 19.1 Å². The second kappa shape index (κ2) is 6.00. The van der Waals surface area contributed by atoms with Gasteiger partial charge in [0.25, 0.3) is 0 Å². The summed E-state index contributed by atoms with van der Waals surface area (Å²) in [5, 5.41) is 11.2. The number of aryl methyl sites for hydroxylation is 1. The van der Waals surface area contributed by atoms with Crippen molar-refractivity contribution in [2.24, 2.45) is 0 Å². The number of aliphatic carboxylic acids is 1. The molecule has 0 bridgehead atoms. The number of carbonyl (C=O) groups excluding carboxylic acids is 1. The van der Waals surface area contributed by atoms with Crippen molar-refractivity contribution < 1.29 is 19.4 Å². The maximum Gasteiger partial charge on any atom is 0.332 e. The Balaban J connectivity index is 2.39. The number of hydrogen-bond acceptors (Lipinski definition) is 3. The molecule has 2 N–H and O–H groups in total. The number of nitrogens with one attached hydrogen (secondary N) is 1. The fourth-order valence-corrected chi connectivity index (χ4v) is 1.11. The first-order valence-electron chi connectivity index (χ1n) is 5.20. The van der Waals surface area contributed by atoms with Gasteiger partial charge >= 0.3 is 5.97 Å². The lowest BCUT2D eigenvalue weighted by Gasteiger charge is -2.09. The number of carboxylic acids is 1. The molecule has 0 aliphatic rings. The molecule has 0 radical (unpaired) electrons. The van der Waals surface area contributed by atoms with Crippen LogP contribution in [0.1, 0.15) is 12.5 Å². The molecule has 17 heavy (non-hydrogen) atoms. The van der Waals surface area contributed by atoms with E-state index >= 15 is 0 Å². The van der Waals surface area contributed by atoms with Gasteiger partial charge in [-0.3, -0.25) is 4.79 Å². The van der Waals surface area contributed by atoms with Crippen LogP contribution in [-0.2, 0) is 14.3 Å². The van der Waals surface area contributed by atoms with Crippen molar-refractivity contribution in [2.45, 2.75) is 20.0 Å². The van der Waals surface area contributed by atoms with Crippen molar-refractivity contribution in [1.29, 1.82) is 0 Å². The molecule has 0 saturated heterocycles. The smallest absolute Gasteiger partial charge is 0.332 e. The SMILES string of the molecule is Cc1ccc(NC(=O)CO[C@H](C)C(=O)O)cc1. The summed E-state index contributed by atoms with van der Waals surface area (Å²) < 4.78 is 4.85. The molecule has 1 atom stereocenters. The Morgan fingerprint density at radius 3 is 2.47 bits per heavy atom. The summed E-state index contributed by atoms with van der Waals surface area (Å²) in [6.07, 6.45) is -0.987. The molecule has 92 valence electrons. The first kappa shape index (κ1) is 13.2. The monoisotopic (exact) mass is 237 g/mol. The molecule has 0 spiro atoms. The maximum absolute atomic E-state index is 11.4. The van der Waals surface area contributed by atoms with Gasteiger partial charge in [-0.25, -0.2) is 4.79 Å². The Kier molecular flexibility index (Phi) is 4.66. The summed E-state index contributed by atoms with van der Waals surface area (Å²) in [7, 11) is 0. The molecular weight excluding hydrogens is 222 g/mol. The number of carbonyl (C=O) groups is 2. The predicted molar refractivity (Wildman–Crippen MR) is 62.9 cm³/mol. The van der Waals surface area contributed by atoms with E-state index in [2.05, 4.69) is 5.32 Å². The van der Waals surface area contributed by atoms with E-state index < -0.39 is 12.1 Å². The molecule has 1 aromatic rings. The molecule has 1 amide bonds. The predicted octanol–water partition coefficient (Wildman–Crippen LogP) is 1.42. The first-order chi connectivity index (χ1) is 7.99. The maximum atomic E-state index is 11.4. The Morgan fingerprint density at radius 1 is 1.35 bits per heavy atom. The van der Waals surface area contributed by atoms with E-state index in [9.17, 15) is 9.59 Å². The number of carboxylic acid groups (broad SMARTS) is 1. The minimum atomic E-state index is -1.09. The molecule has 5 nitrogen and oxygen atoms in total. The number of hydrogen-bond donors (Lipinski definition) is 2. The van der Waals surface area contributed by atoms with Gasteiger partial charge in [0.05, 0.1) is 0 Å². The number of benzene rings is 1. The van der Waals surface area contributed by atoms with Gasteiger partial charge in [0.15, 0.2) is 6.10 Å². The summed E-state index contributed by atoms with van der Waals surface area (Å²) in [5.74, 6) is -1.46. The second-order valence-electron chi connectivity index (χ2n) is 3.71. The van der Waals surface area contributed by atoms with Gasteiger partial charge < -0.3 is 15.2 Å². The normalized spacial score (nSPS) is 11.9. The summed E-state index contributed by atoms with van der Waals surface area (Å²) in [6, 6.07) is 7.29. The average Bonchev–Trinajstić information content (AvgIpc) is 2.29. The summed E-state index contributed by atoms with van der Waals surface area (Å²) in [6.45, 7) is 3.05. The van der Waals surface area contributed by atoms with E-state index in [0.717, 1.165) is 5.56 Å². The third-order valence-electron chi connectivity index (χ3n) is 2.15. The van der Waals surface area contributed by atoms with Crippen molar-refractivity contribution in [3.63, 3.8) is 0 Å². The zero-order valence-electron chi connectivity index (χ0n) is 9.77. The number of rotatable bonds is 5. The molecule has 1 rings (SSSR count). The fourth-order valence-electron chi connectivity index (χ4n) is 1.11. The Labute approximate surface area is 99.4 Å². The highest BCUT2D eigenvalue weighted by atomic mass is 16.5. The highest BCUT2D eigenvalue weighted by molar-refractivity contribution is 5.91. The Hall–Kier alpha value is -1.88. The van der Waals surface area contributed by atoms with Gasteiger partial charge in [0.2, 0.25) is 5.91 Å². The average molecular weight is 237 g/mol. The minimum absolute atomic E-state index is 0.276. The molecule has 0 aliphatic carbocycles. The van der Waals surface area contributed by atoms with Crippen molar-refractivity contribution in [3.05, 3.63) is 29.8 Å². The first-order valence-corrected chi connectivity index (χ1v) is 5.20. The molecule has 0 aliphatic heterocycles. The van der Waals surface area contributed by atoms with Crippen LogP contribution in [0.15, 0.2) is 24.3 Å². The lowest BCUT2D eigenvalue weighted by Crippen LogP contribution is -2.26. The quantitative estimate of drug-likeness (QED) is 0.812. The lowest BCUT2D eigenvalue weighted by molar-refractivity contribution is -0.150. The molecule has 0 unspecified atom stereocenters. The highest BCUT2D eigenvalue weighted by Gasteiger charge is 2.13. The van der Waals surface area contributed by atoms with E-state index in [1.165, 1.54) is 6.92 Å². The van der Waals surface area contributed by atoms with Crippen molar-refractivity contribution in [1.82, 2.24) is 0 Å². The second-order valence-corrected chi connectivity index (χ2v) is 3.71. The fraction of sp³-hybridized carbons (Fsp3) is 0.333. The number of ether oxygens (including phenoxy) is 1. The van der Waals surface area contributed by atoms with Crippen LogP contribution < -0.4 is 5.32 Å². The zero-order chi connectivity index (χ0) is 12.8. The Morgan fingerprint density at radius 2 is 1.94 bits per heavy atom. The molecule has 0 heterocycles. The van der Waals surface area contributed by atoms with Crippen molar-refractivity contribution >= 4 is 17.6 Å². The highest BCUT2D eigenvalue weighted by Crippen LogP contribution is 2.08. The Bertz CT molecular complexity index is 399. The lowest BCUT2D eigenvalue weighted by atomic mass is 10.2. The van der Waals surface area contributed by atoms with Crippen LogP contribution in [0.2, 0.25) is 0 Å². The standard InChI is InChI=1S/C12H15NO4/c1-8-3-5-10(6-4-8)13-11(14)7-17-9(2)12(15)16/h3-6,9H,7H2,1-2H3,(H,13,14)(H,15,16)/t9-/m1/s1. The van der Waals surface area contributed by atoms with E-state index in [-0.39, 0.29) is 12.5 Å². The molecule has 0 aromatic heterocycles.